The van der Waals surface area contributed by atoms with Gasteiger partial charge in [0.25, 0.3) is 0 Å². The summed E-state index contributed by atoms with van der Waals surface area (Å²) < 4.78 is 24.6. The van der Waals surface area contributed by atoms with Gasteiger partial charge in [0, 0.05) is 13.0 Å². The second-order valence-corrected chi connectivity index (χ2v) is 9.48. The third-order valence-electron chi connectivity index (χ3n) is 3.72. The summed E-state index contributed by atoms with van der Waals surface area (Å²) >= 11 is 0. The van der Waals surface area contributed by atoms with Gasteiger partial charge < -0.3 is 5.32 Å². The number of sulfone groups is 1. The lowest BCUT2D eigenvalue weighted by molar-refractivity contribution is -0.120. The minimum absolute atomic E-state index is 0.00144. The number of rotatable bonds is 7. The van der Waals surface area contributed by atoms with Crippen molar-refractivity contribution < 1.29 is 13.2 Å². The summed E-state index contributed by atoms with van der Waals surface area (Å²) in [7, 11) is -3.42. The van der Waals surface area contributed by atoms with E-state index in [4.69, 9.17) is 0 Å². The third kappa shape index (κ3) is 6.73. The third-order valence-corrected chi connectivity index (χ3v) is 5.45. The molecule has 0 atom stereocenters. The zero-order valence-electron chi connectivity index (χ0n) is 14.8. The van der Waals surface area contributed by atoms with E-state index < -0.39 is 9.84 Å². The number of hydrogen-bond acceptors (Lipinski definition) is 3. The maximum Gasteiger partial charge on any atom is 0.221 e. The first-order valence-electron chi connectivity index (χ1n) is 8.12. The van der Waals surface area contributed by atoms with Crippen LogP contribution in [0, 0.1) is 5.92 Å². The van der Waals surface area contributed by atoms with Gasteiger partial charge in [-0.1, -0.05) is 46.8 Å². The molecule has 0 aliphatic rings. The first kappa shape index (κ1) is 19.7. The lowest BCUT2D eigenvalue weighted by atomic mass is 9.87. The molecule has 0 aliphatic carbocycles. The Balaban J connectivity index is 2.61. The summed E-state index contributed by atoms with van der Waals surface area (Å²) in [6, 6.07) is 6.95. The molecule has 1 rings (SSSR count). The molecule has 23 heavy (non-hydrogen) atoms. The molecule has 1 amide bonds. The summed E-state index contributed by atoms with van der Waals surface area (Å²) in [6.07, 6.45) is 0.897. The van der Waals surface area contributed by atoms with Gasteiger partial charge in [-0.3, -0.25) is 4.79 Å². The van der Waals surface area contributed by atoms with Gasteiger partial charge in [-0.2, -0.15) is 0 Å². The molecule has 0 aromatic heterocycles. The first-order chi connectivity index (χ1) is 10.5. The molecule has 0 bridgehead atoms. The number of benzene rings is 1. The molecule has 4 nitrogen and oxygen atoms in total. The van der Waals surface area contributed by atoms with Gasteiger partial charge in [-0.15, -0.1) is 0 Å². The van der Waals surface area contributed by atoms with Crippen LogP contribution in [0.25, 0.3) is 0 Å². The van der Waals surface area contributed by atoms with E-state index in [-0.39, 0.29) is 28.4 Å². The van der Waals surface area contributed by atoms with E-state index in [1.165, 1.54) is 0 Å². The van der Waals surface area contributed by atoms with Crippen LogP contribution >= 0.6 is 0 Å². The Labute approximate surface area is 140 Å². The second-order valence-electron chi connectivity index (χ2n) is 7.38. The van der Waals surface area contributed by atoms with Crippen molar-refractivity contribution in [2.24, 2.45) is 5.92 Å². The molecule has 130 valence electrons. The standard InChI is InChI=1S/C18H29NO3S/c1-14(2)10-12-19-17(20)11-13-23(21,22)16-8-6-15(7-9-16)18(3,4)5/h6-9,14H,10-13H2,1-5H3,(H,19,20). The molecule has 0 aliphatic heterocycles. The monoisotopic (exact) mass is 339 g/mol. The zero-order valence-corrected chi connectivity index (χ0v) is 15.7. The number of amides is 1. The molecule has 0 saturated heterocycles. The summed E-state index contributed by atoms with van der Waals surface area (Å²) in [5.41, 5.74) is 1.07. The first-order valence-corrected chi connectivity index (χ1v) is 9.77. The second kappa shape index (κ2) is 7.95. The molecule has 0 unspecified atom stereocenters. The highest BCUT2D eigenvalue weighted by Crippen LogP contribution is 2.23. The Bertz CT molecular complexity index is 611. The largest absolute Gasteiger partial charge is 0.356 e. The molecule has 0 fully saturated rings. The highest BCUT2D eigenvalue weighted by atomic mass is 32.2. The van der Waals surface area contributed by atoms with Crippen LogP contribution in [0.15, 0.2) is 29.2 Å². The average molecular weight is 340 g/mol. The summed E-state index contributed by atoms with van der Waals surface area (Å²) in [6.45, 7) is 11.0. The fourth-order valence-corrected chi connectivity index (χ4v) is 3.34. The summed E-state index contributed by atoms with van der Waals surface area (Å²) in [4.78, 5) is 12.0. The number of carbonyl (C=O) groups excluding carboxylic acids is 1. The Morgan fingerprint density at radius 3 is 2.17 bits per heavy atom. The molecular formula is C18H29NO3S. The van der Waals surface area contributed by atoms with Crippen molar-refractivity contribution in [3.05, 3.63) is 29.8 Å². The molecule has 0 radical (unpaired) electrons. The SMILES string of the molecule is CC(C)CCNC(=O)CCS(=O)(=O)c1ccc(C(C)(C)C)cc1. The quantitative estimate of drug-likeness (QED) is 0.829. The maximum atomic E-state index is 12.3. The van der Waals surface area contributed by atoms with Crippen LogP contribution in [0.5, 0.6) is 0 Å². The molecule has 1 aromatic carbocycles. The predicted molar refractivity (Wildman–Crippen MR) is 94.3 cm³/mol. The average Bonchev–Trinajstić information content (AvgIpc) is 2.44. The minimum atomic E-state index is -3.42. The Morgan fingerprint density at radius 1 is 1.13 bits per heavy atom. The van der Waals surface area contributed by atoms with E-state index in [1.807, 2.05) is 12.1 Å². The lowest BCUT2D eigenvalue weighted by Crippen LogP contribution is -2.27. The Morgan fingerprint density at radius 2 is 1.70 bits per heavy atom. The van der Waals surface area contributed by atoms with E-state index in [1.54, 1.807) is 12.1 Å². The van der Waals surface area contributed by atoms with Crippen molar-refractivity contribution >= 4 is 15.7 Å². The predicted octanol–water partition coefficient (Wildman–Crippen LogP) is 3.31. The topological polar surface area (TPSA) is 63.2 Å². The van der Waals surface area contributed by atoms with Gasteiger partial charge in [0.15, 0.2) is 9.84 Å². The van der Waals surface area contributed by atoms with E-state index in [9.17, 15) is 13.2 Å². The molecular weight excluding hydrogens is 310 g/mol. The lowest BCUT2D eigenvalue weighted by Gasteiger charge is -2.19. The van der Waals surface area contributed by atoms with E-state index >= 15 is 0 Å². The highest BCUT2D eigenvalue weighted by molar-refractivity contribution is 7.91. The number of hydrogen-bond donors (Lipinski definition) is 1. The normalized spacial score (nSPS) is 12.4. The van der Waals surface area contributed by atoms with Gasteiger partial charge in [0.05, 0.1) is 10.6 Å². The number of nitrogens with one attached hydrogen (secondary N) is 1. The van der Waals surface area contributed by atoms with Crippen LogP contribution in [0.3, 0.4) is 0 Å². The van der Waals surface area contributed by atoms with Gasteiger partial charge in [-0.05, 0) is 35.4 Å². The van der Waals surface area contributed by atoms with Crippen molar-refractivity contribution in [2.45, 2.75) is 57.8 Å². The van der Waals surface area contributed by atoms with Crippen LogP contribution in [0.4, 0.5) is 0 Å². The van der Waals surface area contributed by atoms with Crippen LogP contribution in [0.2, 0.25) is 0 Å². The Kier molecular flexibility index (Phi) is 6.81. The minimum Gasteiger partial charge on any atom is -0.356 e. The maximum absolute atomic E-state index is 12.3. The molecule has 0 saturated carbocycles. The van der Waals surface area contributed by atoms with Crippen LogP contribution < -0.4 is 5.32 Å². The summed E-state index contributed by atoms with van der Waals surface area (Å²) in [5.74, 6) is 0.149. The number of carbonyl (C=O) groups is 1. The fourth-order valence-electron chi connectivity index (χ4n) is 2.10. The molecule has 0 spiro atoms. The molecule has 1 N–H and O–H groups in total. The highest BCUT2D eigenvalue weighted by Gasteiger charge is 2.18. The van der Waals surface area contributed by atoms with Crippen LogP contribution in [0.1, 0.15) is 53.0 Å². The van der Waals surface area contributed by atoms with Gasteiger partial charge in [0.2, 0.25) is 5.91 Å². The van der Waals surface area contributed by atoms with E-state index in [0.29, 0.717) is 12.5 Å². The van der Waals surface area contributed by atoms with Crippen LogP contribution in [-0.2, 0) is 20.0 Å². The van der Waals surface area contributed by atoms with E-state index in [0.717, 1.165) is 12.0 Å². The van der Waals surface area contributed by atoms with Crippen molar-refractivity contribution in [1.82, 2.24) is 5.32 Å². The summed E-state index contributed by atoms with van der Waals surface area (Å²) in [5, 5.41) is 2.76. The molecule has 1 aromatic rings. The van der Waals surface area contributed by atoms with Gasteiger partial charge >= 0.3 is 0 Å². The fraction of sp³-hybridized carbons (Fsp3) is 0.611. The molecule has 0 heterocycles. The van der Waals surface area contributed by atoms with Gasteiger partial charge in [0.1, 0.15) is 0 Å². The van der Waals surface area contributed by atoms with Crippen molar-refractivity contribution in [2.75, 3.05) is 12.3 Å². The van der Waals surface area contributed by atoms with Gasteiger partial charge in [-0.25, -0.2) is 8.42 Å². The van der Waals surface area contributed by atoms with E-state index in [2.05, 4.69) is 39.9 Å². The zero-order chi connectivity index (χ0) is 17.7. The van der Waals surface area contributed by atoms with Crippen LogP contribution in [-0.4, -0.2) is 26.6 Å². The van der Waals surface area contributed by atoms with Crippen molar-refractivity contribution in [1.29, 1.82) is 0 Å². The smallest absolute Gasteiger partial charge is 0.221 e. The Hall–Kier alpha value is -1.36. The van der Waals surface area contributed by atoms with Crippen molar-refractivity contribution in [3.63, 3.8) is 0 Å². The van der Waals surface area contributed by atoms with Crippen molar-refractivity contribution in [3.8, 4) is 0 Å². The molecule has 5 heteroatoms.